The maximum absolute atomic E-state index is 13.0. The van der Waals surface area contributed by atoms with Crippen LogP contribution in [0.15, 0.2) is 45.0 Å². The van der Waals surface area contributed by atoms with Crippen molar-refractivity contribution in [1.29, 1.82) is 0 Å². The number of hydrogen-bond donors (Lipinski definition) is 0. The van der Waals surface area contributed by atoms with E-state index in [2.05, 4.69) is 4.99 Å². The van der Waals surface area contributed by atoms with Crippen molar-refractivity contribution in [3.05, 3.63) is 61.3 Å². The van der Waals surface area contributed by atoms with Gasteiger partial charge in [0.15, 0.2) is 5.17 Å². The highest BCUT2D eigenvalue weighted by Crippen LogP contribution is 2.31. The second-order valence-electron chi connectivity index (χ2n) is 6.25. The van der Waals surface area contributed by atoms with Crippen LogP contribution >= 0.6 is 35.0 Å². The van der Waals surface area contributed by atoms with Gasteiger partial charge in [-0.1, -0.05) is 41.9 Å². The number of aliphatic imine (C=N–C) groups is 1. The summed E-state index contributed by atoms with van der Waals surface area (Å²) in [6, 6.07) is 6.24. The van der Waals surface area contributed by atoms with Gasteiger partial charge in [0, 0.05) is 31.1 Å². The number of nitrogens with zero attached hydrogens (tertiary/aromatic N) is 4. The number of thioether (sulfide) groups is 1. The Bertz CT molecular complexity index is 1060. The number of benzene rings is 1. The van der Waals surface area contributed by atoms with Crippen LogP contribution < -0.4 is 11.2 Å². The van der Waals surface area contributed by atoms with Gasteiger partial charge in [-0.3, -0.25) is 23.6 Å². The molecule has 1 fully saturated rings. The van der Waals surface area contributed by atoms with E-state index in [1.807, 2.05) is 6.92 Å². The SMILES string of the molecule is CCC1CSC(=Nc2ccc(Cl)c(Cl)c2)N1C(=O)Cn1ccc(=O)n(C)c1=O. The highest BCUT2D eigenvalue weighted by molar-refractivity contribution is 8.14. The largest absolute Gasteiger partial charge is 0.331 e. The fourth-order valence-electron chi connectivity index (χ4n) is 2.79. The summed E-state index contributed by atoms with van der Waals surface area (Å²) < 4.78 is 2.18. The van der Waals surface area contributed by atoms with Crippen molar-refractivity contribution >= 4 is 51.7 Å². The van der Waals surface area contributed by atoms with Crippen LogP contribution in [0.4, 0.5) is 5.69 Å². The van der Waals surface area contributed by atoms with Crippen LogP contribution in [-0.2, 0) is 18.4 Å². The zero-order valence-corrected chi connectivity index (χ0v) is 17.6. The second kappa shape index (κ2) is 8.55. The predicted molar refractivity (Wildman–Crippen MR) is 113 cm³/mol. The summed E-state index contributed by atoms with van der Waals surface area (Å²) in [4.78, 5) is 42.9. The van der Waals surface area contributed by atoms with Crippen LogP contribution in [0.3, 0.4) is 0 Å². The molecule has 1 aliphatic heterocycles. The highest BCUT2D eigenvalue weighted by atomic mass is 35.5. The summed E-state index contributed by atoms with van der Waals surface area (Å²) in [6.07, 6.45) is 2.09. The van der Waals surface area contributed by atoms with Crippen molar-refractivity contribution in [2.45, 2.75) is 25.9 Å². The monoisotopic (exact) mass is 440 g/mol. The molecule has 148 valence electrons. The van der Waals surface area contributed by atoms with E-state index in [0.717, 1.165) is 11.0 Å². The topological polar surface area (TPSA) is 76.7 Å². The third-order valence-electron chi connectivity index (χ3n) is 4.41. The maximum Gasteiger partial charge on any atom is 0.331 e. The van der Waals surface area contributed by atoms with Crippen LogP contribution in [0.25, 0.3) is 0 Å². The Morgan fingerprint density at radius 2 is 2.00 bits per heavy atom. The summed E-state index contributed by atoms with van der Waals surface area (Å²) in [5.74, 6) is 0.446. The first kappa shape index (κ1) is 20.7. The molecule has 0 N–H and O–H groups in total. The van der Waals surface area contributed by atoms with Gasteiger partial charge in [-0.2, -0.15) is 0 Å². The van der Waals surface area contributed by atoms with E-state index < -0.39 is 11.2 Å². The number of hydrogen-bond acceptors (Lipinski definition) is 5. The van der Waals surface area contributed by atoms with Gasteiger partial charge in [0.1, 0.15) is 6.54 Å². The van der Waals surface area contributed by atoms with Crippen LogP contribution in [0.5, 0.6) is 0 Å². The van der Waals surface area contributed by atoms with E-state index in [9.17, 15) is 14.4 Å². The third kappa shape index (κ3) is 4.19. The molecule has 0 bridgehead atoms. The number of amidine groups is 1. The molecular weight excluding hydrogens is 423 g/mol. The number of carbonyl (C=O) groups is 1. The molecule has 1 unspecified atom stereocenters. The van der Waals surface area contributed by atoms with Crippen LogP contribution in [-0.4, -0.2) is 36.9 Å². The summed E-state index contributed by atoms with van der Waals surface area (Å²) in [7, 11) is 1.38. The summed E-state index contributed by atoms with van der Waals surface area (Å²) in [5.41, 5.74) is -0.367. The Balaban J connectivity index is 1.91. The first-order valence-electron chi connectivity index (χ1n) is 8.57. The number of rotatable bonds is 4. The zero-order chi connectivity index (χ0) is 20.4. The number of halogens is 2. The normalized spacial score (nSPS) is 18.1. The molecule has 2 aromatic rings. The fraction of sp³-hybridized carbons (Fsp3) is 0.333. The van der Waals surface area contributed by atoms with E-state index >= 15 is 0 Å². The Morgan fingerprint density at radius 1 is 1.25 bits per heavy atom. The summed E-state index contributed by atoms with van der Waals surface area (Å²) in [6.45, 7) is 1.82. The highest BCUT2D eigenvalue weighted by Gasteiger charge is 2.34. The van der Waals surface area contributed by atoms with Crippen molar-refractivity contribution < 1.29 is 4.79 Å². The molecule has 1 atom stereocenters. The minimum atomic E-state index is -0.538. The number of aromatic nitrogens is 2. The minimum absolute atomic E-state index is 0.0257. The van der Waals surface area contributed by atoms with Crippen LogP contribution in [0, 0.1) is 0 Å². The van der Waals surface area contributed by atoms with Crippen molar-refractivity contribution in [2.75, 3.05) is 5.75 Å². The van der Waals surface area contributed by atoms with Gasteiger partial charge in [0.25, 0.3) is 5.56 Å². The lowest BCUT2D eigenvalue weighted by molar-refractivity contribution is -0.129. The molecule has 0 spiro atoms. The molecule has 0 saturated carbocycles. The number of carbonyl (C=O) groups excluding carboxylic acids is 1. The van der Waals surface area contributed by atoms with Crippen LogP contribution in [0.1, 0.15) is 13.3 Å². The molecule has 10 heteroatoms. The van der Waals surface area contributed by atoms with Gasteiger partial charge >= 0.3 is 5.69 Å². The lowest BCUT2D eigenvalue weighted by Gasteiger charge is -2.23. The van der Waals surface area contributed by atoms with E-state index in [1.165, 1.54) is 35.6 Å². The molecule has 1 amide bonds. The van der Waals surface area contributed by atoms with Gasteiger partial charge in [0.2, 0.25) is 5.91 Å². The lowest BCUT2D eigenvalue weighted by atomic mass is 10.2. The van der Waals surface area contributed by atoms with Gasteiger partial charge < -0.3 is 0 Å². The van der Waals surface area contributed by atoms with Crippen molar-refractivity contribution in [3.63, 3.8) is 0 Å². The Morgan fingerprint density at radius 3 is 2.68 bits per heavy atom. The average molecular weight is 441 g/mol. The Labute approximate surface area is 175 Å². The average Bonchev–Trinajstić information content (AvgIpc) is 3.08. The molecule has 1 aromatic heterocycles. The molecule has 1 aliphatic rings. The van der Waals surface area contributed by atoms with Crippen molar-refractivity contribution in [2.24, 2.45) is 12.0 Å². The summed E-state index contributed by atoms with van der Waals surface area (Å²) in [5, 5.41) is 1.36. The van der Waals surface area contributed by atoms with E-state index in [-0.39, 0.29) is 18.5 Å². The van der Waals surface area contributed by atoms with Gasteiger partial charge in [-0.05, 0) is 24.6 Å². The molecule has 3 rings (SSSR count). The molecule has 1 saturated heterocycles. The van der Waals surface area contributed by atoms with E-state index in [4.69, 9.17) is 23.2 Å². The zero-order valence-electron chi connectivity index (χ0n) is 15.3. The molecule has 2 heterocycles. The van der Waals surface area contributed by atoms with Crippen molar-refractivity contribution in [1.82, 2.24) is 14.0 Å². The molecule has 1 aromatic carbocycles. The molecule has 28 heavy (non-hydrogen) atoms. The van der Waals surface area contributed by atoms with Gasteiger partial charge in [-0.15, -0.1) is 0 Å². The fourth-order valence-corrected chi connectivity index (χ4v) is 4.37. The van der Waals surface area contributed by atoms with Gasteiger partial charge in [-0.25, -0.2) is 9.79 Å². The molecule has 0 aliphatic carbocycles. The predicted octanol–water partition coefficient (Wildman–Crippen LogP) is 2.90. The molecule has 7 nitrogen and oxygen atoms in total. The Kier molecular flexibility index (Phi) is 6.32. The first-order chi connectivity index (χ1) is 13.3. The standard InChI is InChI=1S/C18H18Cl2N4O3S/c1-3-12-10-28-17(21-11-4-5-13(19)14(20)8-11)24(12)16(26)9-23-7-6-15(25)22(2)18(23)27/h4-8,12H,3,9-10H2,1-2H3. The maximum atomic E-state index is 13.0. The quantitative estimate of drug-likeness (QED) is 0.731. The molecular formula is C18H18Cl2N4O3S. The second-order valence-corrected chi connectivity index (χ2v) is 8.05. The number of amides is 1. The molecule has 0 radical (unpaired) electrons. The first-order valence-corrected chi connectivity index (χ1v) is 10.3. The van der Waals surface area contributed by atoms with Gasteiger partial charge in [0.05, 0.1) is 15.7 Å². The van der Waals surface area contributed by atoms with E-state index in [0.29, 0.717) is 26.7 Å². The van der Waals surface area contributed by atoms with Crippen LogP contribution in [0.2, 0.25) is 10.0 Å². The minimum Gasteiger partial charge on any atom is -0.291 e. The van der Waals surface area contributed by atoms with E-state index in [1.54, 1.807) is 23.1 Å². The van der Waals surface area contributed by atoms with Crippen molar-refractivity contribution in [3.8, 4) is 0 Å². The smallest absolute Gasteiger partial charge is 0.291 e. The third-order valence-corrected chi connectivity index (χ3v) is 6.25. The Hall–Kier alpha value is -2.03. The summed E-state index contributed by atoms with van der Waals surface area (Å²) >= 11 is 13.5. The lowest BCUT2D eigenvalue weighted by Crippen LogP contribution is -2.44.